The van der Waals surface area contributed by atoms with E-state index in [-0.39, 0.29) is 23.0 Å². The van der Waals surface area contributed by atoms with Crippen LogP contribution in [0.1, 0.15) is 12.8 Å². The number of carbonyl (C=O) groups is 2. The molecule has 0 saturated heterocycles. The van der Waals surface area contributed by atoms with Crippen LogP contribution in [0.25, 0.3) is 0 Å². The summed E-state index contributed by atoms with van der Waals surface area (Å²) in [6.07, 6.45) is 3.95. The zero-order chi connectivity index (χ0) is 15.6. The number of nitrogens with one attached hydrogen (secondary N) is 1. The van der Waals surface area contributed by atoms with Gasteiger partial charge in [-0.2, -0.15) is 0 Å². The predicted molar refractivity (Wildman–Crippen MR) is 75.7 cm³/mol. The maximum atomic E-state index is 13.6. The number of anilines is 1. The Balaban J connectivity index is 2.19. The summed E-state index contributed by atoms with van der Waals surface area (Å²) < 4.78 is 26.8. The van der Waals surface area contributed by atoms with Crippen molar-refractivity contribution in [2.45, 2.75) is 12.8 Å². The fraction of sp³-hybridized carbons (Fsp3) is 0.286. The molecular weight excluding hydrogens is 348 g/mol. The first-order valence-electron chi connectivity index (χ1n) is 6.23. The summed E-state index contributed by atoms with van der Waals surface area (Å²) in [4.78, 5) is 23.3. The van der Waals surface area contributed by atoms with Crippen molar-refractivity contribution in [2.24, 2.45) is 11.8 Å². The third-order valence-electron chi connectivity index (χ3n) is 3.35. The SMILES string of the molecule is O=C(O)[C@H]1CC=CC[C@H]1C(=O)Nc1cc(Br)c(F)cc1F. The third kappa shape index (κ3) is 3.47. The minimum atomic E-state index is -1.07. The van der Waals surface area contributed by atoms with Gasteiger partial charge < -0.3 is 10.4 Å². The zero-order valence-corrected chi connectivity index (χ0v) is 12.4. The summed E-state index contributed by atoms with van der Waals surface area (Å²) >= 11 is 2.90. The lowest BCUT2D eigenvalue weighted by Gasteiger charge is -2.24. The Morgan fingerprint density at radius 2 is 1.76 bits per heavy atom. The molecule has 1 aliphatic rings. The molecule has 112 valence electrons. The molecule has 0 unspecified atom stereocenters. The second-order valence-corrected chi connectivity index (χ2v) is 5.58. The van der Waals surface area contributed by atoms with E-state index in [2.05, 4.69) is 21.2 Å². The van der Waals surface area contributed by atoms with E-state index in [1.54, 1.807) is 12.2 Å². The number of halogens is 3. The Kier molecular flexibility index (Phi) is 4.72. The molecule has 2 rings (SSSR count). The third-order valence-corrected chi connectivity index (χ3v) is 3.96. The van der Waals surface area contributed by atoms with Crippen molar-refractivity contribution in [1.82, 2.24) is 0 Å². The molecule has 7 heteroatoms. The average molecular weight is 360 g/mol. The summed E-state index contributed by atoms with van der Waals surface area (Å²) in [5.41, 5.74) is -0.188. The Morgan fingerprint density at radius 1 is 1.14 bits per heavy atom. The molecule has 1 aromatic carbocycles. The average Bonchev–Trinajstić information content (AvgIpc) is 2.44. The highest BCUT2D eigenvalue weighted by molar-refractivity contribution is 9.10. The number of hydrogen-bond donors (Lipinski definition) is 2. The van der Waals surface area contributed by atoms with Gasteiger partial charge in [0.15, 0.2) is 0 Å². The van der Waals surface area contributed by atoms with Crippen LogP contribution in [0.15, 0.2) is 28.8 Å². The van der Waals surface area contributed by atoms with E-state index in [1.165, 1.54) is 0 Å². The van der Waals surface area contributed by atoms with Crippen molar-refractivity contribution in [3.8, 4) is 0 Å². The van der Waals surface area contributed by atoms with Crippen LogP contribution in [0, 0.1) is 23.5 Å². The van der Waals surface area contributed by atoms with Crippen LogP contribution < -0.4 is 5.32 Å². The molecule has 1 aliphatic carbocycles. The Hall–Kier alpha value is -1.76. The molecule has 4 nitrogen and oxygen atoms in total. The molecule has 2 N–H and O–H groups in total. The molecule has 0 saturated carbocycles. The van der Waals surface area contributed by atoms with Gasteiger partial charge in [-0.15, -0.1) is 0 Å². The summed E-state index contributed by atoms with van der Waals surface area (Å²) in [7, 11) is 0. The van der Waals surface area contributed by atoms with Crippen LogP contribution in [0.4, 0.5) is 14.5 Å². The highest BCUT2D eigenvalue weighted by Gasteiger charge is 2.34. The summed E-state index contributed by atoms with van der Waals surface area (Å²) in [5.74, 6) is -4.99. The molecule has 0 heterocycles. The van der Waals surface area contributed by atoms with E-state index in [0.29, 0.717) is 6.07 Å². The van der Waals surface area contributed by atoms with E-state index in [4.69, 9.17) is 5.11 Å². The highest BCUT2D eigenvalue weighted by Crippen LogP contribution is 2.29. The van der Waals surface area contributed by atoms with Crippen LogP contribution in [0.2, 0.25) is 0 Å². The maximum Gasteiger partial charge on any atom is 0.307 e. The van der Waals surface area contributed by atoms with Gasteiger partial charge in [-0.1, -0.05) is 12.2 Å². The Morgan fingerprint density at radius 3 is 2.38 bits per heavy atom. The van der Waals surface area contributed by atoms with Gasteiger partial charge >= 0.3 is 5.97 Å². The number of benzene rings is 1. The van der Waals surface area contributed by atoms with Gasteiger partial charge in [-0.05, 0) is 34.8 Å². The van der Waals surface area contributed by atoms with Gasteiger partial charge in [0.1, 0.15) is 11.6 Å². The molecule has 0 radical (unpaired) electrons. The minimum absolute atomic E-state index is 0.0116. The van der Waals surface area contributed by atoms with Gasteiger partial charge in [0.25, 0.3) is 0 Å². The van der Waals surface area contributed by atoms with E-state index in [0.717, 1.165) is 6.07 Å². The largest absolute Gasteiger partial charge is 0.481 e. The predicted octanol–water partition coefficient (Wildman–Crippen LogP) is 3.33. The maximum absolute atomic E-state index is 13.6. The lowest BCUT2D eigenvalue weighted by atomic mass is 9.82. The summed E-state index contributed by atoms with van der Waals surface area (Å²) in [5, 5.41) is 11.4. The van der Waals surface area contributed by atoms with Crippen molar-refractivity contribution in [2.75, 3.05) is 5.32 Å². The fourth-order valence-electron chi connectivity index (χ4n) is 2.22. The molecular formula is C14H12BrF2NO3. The van der Waals surface area contributed by atoms with Crippen LogP contribution in [-0.2, 0) is 9.59 Å². The molecule has 0 spiro atoms. The zero-order valence-electron chi connectivity index (χ0n) is 10.8. The lowest BCUT2D eigenvalue weighted by Crippen LogP contribution is -2.34. The highest BCUT2D eigenvalue weighted by atomic mass is 79.9. The van der Waals surface area contributed by atoms with E-state index in [1.807, 2.05) is 0 Å². The molecule has 1 amide bonds. The van der Waals surface area contributed by atoms with Gasteiger partial charge in [0, 0.05) is 6.07 Å². The molecule has 2 atom stereocenters. The van der Waals surface area contributed by atoms with Crippen molar-refractivity contribution in [3.63, 3.8) is 0 Å². The number of allylic oxidation sites excluding steroid dienone is 2. The van der Waals surface area contributed by atoms with Gasteiger partial charge in [0.05, 0.1) is 22.0 Å². The van der Waals surface area contributed by atoms with Crippen LogP contribution in [0.5, 0.6) is 0 Å². The van der Waals surface area contributed by atoms with E-state index < -0.39 is 35.3 Å². The lowest BCUT2D eigenvalue weighted by molar-refractivity contribution is -0.146. The molecule has 0 aliphatic heterocycles. The summed E-state index contributed by atoms with van der Waals surface area (Å²) in [6, 6.07) is 1.76. The Bertz CT molecular complexity index is 618. The minimum Gasteiger partial charge on any atom is -0.481 e. The number of carboxylic acids is 1. The number of amides is 1. The quantitative estimate of drug-likeness (QED) is 0.642. The second kappa shape index (κ2) is 6.34. The monoisotopic (exact) mass is 359 g/mol. The standard InChI is InChI=1S/C14H12BrF2NO3/c15-9-5-12(11(17)6-10(9)16)18-13(19)7-3-1-2-4-8(7)14(20)21/h1-2,5-8H,3-4H2,(H,18,19)(H,20,21)/t7-,8+/m1/s1. The second-order valence-electron chi connectivity index (χ2n) is 4.73. The molecule has 21 heavy (non-hydrogen) atoms. The van der Waals surface area contributed by atoms with Gasteiger partial charge in [0.2, 0.25) is 5.91 Å². The Labute approximate surface area is 128 Å². The van der Waals surface area contributed by atoms with E-state index >= 15 is 0 Å². The van der Waals surface area contributed by atoms with Crippen molar-refractivity contribution in [3.05, 3.63) is 40.4 Å². The van der Waals surface area contributed by atoms with Crippen molar-refractivity contribution >= 4 is 33.5 Å². The first-order chi connectivity index (χ1) is 9.90. The van der Waals surface area contributed by atoms with Crippen LogP contribution in [-0.4, -0.2) is 17.0 Å². The molecule has 1 aromatic rings. The van der Waals surface area contributed by atoms with Crippen LogP contribution in [0.3, 0.4) is 0 Å². The smallest absolute Gasteiger partial charge is 0.307 e. The molecule has 0 fully saturated rings. The fourth-order valence-corrected chi connectivity index (χ4v) is 2.56. The molecule has 0 aromatic heterocycles. The van der Waals surface area contributed by atoms with E-state index in [9.17, 15) is 18.4 Å². The first kappa shape index (κ1) is 15.6. The number of rotatable bonds is 3. The number of hydrogen-bond acceptors (Lipinski definition) is 2. The van der Waals surface area contributed by atoms with Crippen molar-refractivity contribution < 1.29 is 23.5 Å². The number of aliphatic carboxylic acids is 1. The number of carboxylic acid groups (broad SMARTS) is 1. The first-order valence-corrected chi connectivity index (χ1v) is 7.02. The molecule has 0 bridgehead atoms. The van der Waals surface area contributed by atoms with Gasteiger partial charge in [-0.3, -0.25) is 9.59 Å². The normalized spacial score (nSPS) is 21.1. The van der Waals surface area contributed by atoms with Crippen molar-refractivity contribution in [1.29, 1.82) is 0 Å². The topological polar surface area (TPSA) is 66.4 Å². The number of carbonyl (C=O) groups excluding carboxylic acids is 1. The van der Waals surface area contributed by atoms with Crippen LogP contribution >= 0.6 is 15.9 Å². The summed E-state index contributed by atoms with van der Waals surface area (Å²) in [6.45, 7) is 0. The van der Waals surface area contributed by atoms with Gasteiger partial charge in [-0.25, -0.2) is 8.78 Å².